The summed E-state index contributed by atoms with van der Waals surface area (Å²) < 4.78 is 5.32. The van der Waals surface area contributed by atoms with Crippen LogP contribution >= 0.6 is 0 Å². The highest BCUT2D eigenvalue weighted by atomic mass is 16.5. The van der Waals surface area contributed by atoms with Gasteiger partial charge in [-0.05, 0) is 30.7 Å². The van der Waals surface area contributed by atoms with E-state index in [2.05, 4.69) is 10.6 Å². The van der Waals surface area contributed by atoms with Crippen LogP contribution in [0.3, 0.4) is 0 Å². The van der Waals surface area contributed by atoms with Crippen LogP contribution in [-0.4, -0.2) is 18.4 Å². The Labute approximate surface area is 121 Å². The molecule has 0 saturated carbocycles. The molecule has 21 heavy (non-hydrogen) atoms. The molecule has 106 valence electrons. The lowest BCUT2D eigenvalue weighted by Crippen LogP contribution is -2.25. The summed E-state index contributed by atoms with van der Waals surface area (Å²) in [5.41, 5.74) is 2.78. The van der Waals surface area contributed by atoms with Crippen molar-refractivity contribution in [3.05, 3.63) is 53.6 Å². The van der Waals surface area contributed by atoms with Crippen LogP contribution in [0.2, 0.25) is 0 Å². The number of carbonyl (C=O) groups is 2. The molecule has 5 heteroatoms. The zero-order valence-electron chi connectivity index (χ0n) is 11.5. The molecule has 1 aliphatic heterocycles. The fraction of sp³-hybridized carbons (Fsp3) is 0.125. The van der Waals surface area contributed by atoms with Crippen LogP contribution < -0.4 is 15.4 Å². The standard InChI is InChI=1S/C16H14N2O3/c1-10-4-2-3-5-12(10)16(20)17-11-6-7-13-14(8-11)21-9-15(19)18-13/h2-8H,9H2,1H3,(H,17,20)(H,18,19). The average molecular weight is 282 g/mol. The van der Waals surface area contributed by atoms with Gasteiger partial charge < -0.3 is 15.4 Å². The third-order valence-corrected chi connectivity index (χ3v) is 3.26. The minimum atomic E-state index is -0.181. The Kier molecular flexibility index (Phi) is 3.31. The number of ether oxygens (including phenoxy) is 1. The Balaban J connectivity index is 1.81. The van der Waals surface area contributed by atoms with Crippen molar-refractivity contribution in [2.45, 2.75) is 6.92 Å². The fourth-order valence-electron chi connectivity index (χ4n) is 2.18. The Morgan fingerprint density at radius 2 is 2.05 bits per heavy atom. The number of anilines is 2. The van der Waals surface area contributed by atoms with Crippen molar-refractivity contribution < 1.29 is 14.3 Å². The lowest BCUT2D eigenvalue weighted by Gasteiger charge is -2.18. The third kappa shape index (κ3) is 2.72. The largest absolute Gasteiger partial charge is 0.482 e. The summed E-state index contributed by atoms with van der Waals surface area (Å²) in [6.45, 7) is 1.88. The molecular formula is C16H14N2O3. The van der Waals surface area contributed by atoms with Crippen molar-refractivity contribution >= 4 is 23.2 Å². The second-order valence-corrected chi connectivity index (χ2v) is 4.82. The number of fused-ring (bicyclic) bond motifs is 1. The molecule has 0 aromatic heterocycles. The number of benzene rings is 2. The molecule has 3 rings (SSSR count). The summed E-state index contributed by atoms with van der Waals surface area (Å²) in [7, 11) is 0. The van der Waals surface area contributed by atoms with Gasteiger partial charge in [0.15, 0.2) is 6.61 Å². The molecule has 0 unspecified atom stereocenters. The van der Waals surface area contributed by atoms with Crippen molar-refractivity contribution in [1.82, 2.24) is 0 Å². The SMILES string of the molecule is Cc1ccccc1C(=O)Nc1ccc2c(c1)OCC(=O)N2. The number of hydrogen-bond acceptors (Lipinski definition) is 3. The molecule has 0 bridgehead atoms. The van der Waals surface area contributed by atoms with E-state index in [4.69, 9.17) is 4.74 Å². The molecule has 2 aromatic carbocycles. The minimum Gasteiger partial charge on any atom is -0.482 e. The van der Waals surface area contributed by atoms with Crippen molar-refractivity contribution in [3.8, 4) is 5.75 Å². The van der Waals surface area contributed by atoms with E-state index in [1.807, 2.05) is 25.1 Å². The molecule has 5 nitrogen and oxygen atoms in total. The number of amides is 2. The number of rotatable bonds is 2. The van der Waals surface area contributed by atoms with Crippen LogP contribution in [0.5, 0.6) is 5.75 Å². The molecule has 0 saturated heterocycles. The highest BCUT2D eigenvalue weighted by Gasteiger charge is 2.17. The van der Waals surface area contributed by atoms with Crippen molar-refractivity contribution in [1.29, 1.82) is 0 Å². The van der Waals surface area contributed by atoms with Crippen LogP contribution in [0, 0.1) is 6.92 Å². The Morgan fingerprint density at radius 1 is 1.24 bits per heavy atom. The molecular weight excluding hydrogens is 268 g/mol. The van der Waals surface area contributed by atoms with Gasteiger partial charge in [0.2, 0.25) is 0 Å². The number of hydrogen-bond donors (Lipinski definition) is 2. The van der Waals surface area contributed by atoms with E-state index in [1.54, 1.807) is 24.3 Å². The predicted molar refractivity (Wildman–Crippen MR) is 79.7 cm³/mol. The summed E-state index contributed by atoms with van der Waals surface area (Å²) in [4.78, 5) is 23.4. The summed E-state index contributed by atoms with van der Waals surface area (Å²) in [6, 6.07) is 12.5. The molecule has 0 spiro atoms. The summed E-state index contributed by atoms with van der Waals surface area (Å²) in [6.07, 6.45) is 0. The second kappa shape index (κ2) is 5.28. The predicted octanol–water partition coefficient (Wildman–Crippen LogP) is 2.58. The van der Waals surface area contributed by atoms with Gasteiger partial charge in [-0.1, -0.05) is 18.2 Å². The van der Waals surface area contributed by atoms with E-state index in [-0.39, 0.29) is 18.4 Å². The van der Waals surface area contributed by atoms with E-state index < -0.39 is 0 Å². The van der Waals surface area contributed by atoms with Gasteiger partial charge in [0.25, 0.3) is 11.8 Å². The summed E-state index contributed by atoms with van der Waals surface area (Å²) in [5, 5.41) is 5.53. The Bertz CT molecular complexity index is 725. The molecule has 2 aromatic rings. The summed E-state index contributed by atoms with van der Waals surface area (Å²) >= 11 is 0. The molecule has 1 heterocycles. The van der Waals surface area contributed by atoms with Crippen LogP contribution in [0.15, 0.2) is 42.5 Å². The maximum atomic E-state index is 12.2. The van der Waals surface area contributed by atoms with E-state index in [1.165, 1.54) is 0 Å². The van der Waals surface area contributed by atoms with Crippen LogP contribution in [0.4, 0.5) is 11.4 Å². The van der Waals surface area contributed by atoms with Crippen molar-refractivity contribution in [2.24, 2.45) is 0 Å². The van der Waals surface area contributed by atoms with Gasteiger partial charge in [-0.15, -0.1) is 0 Å². The molecule has 0 fully saturated rings. The fourth-order valence-corrected chi connectivity index (χ4v) is 2.18. The van der Waals surface area contributed by atoms with Gasteiger partial charge in [-0.25, -0.2) is 0 Å². The maximum absolute atomic E-state index is 12.2. The number of carbonyl (C=O) groups excluding carboxylic acids is 2. The van der Waals surface area contributed by atoms with Gasteiger partial charge in [-0.3, -0.25) is 9.59 Å². The number of nitrogens with one attached hydrogen (secondary N) is 2. The maximum Gasteiger partial charge on any atom is 0.262 e. The van der Waals surface area contributed by atoms with Gasteiger partial charge in [0.05, 0.1) is 5.69 Å². The Hall–Kier alpha value is -2.82. The smallest absolute Gasteiger partial charge is 0.262 e. The second-order valence-electron chi connectivity index (χ2n) is 4.82. The first-order valence-corrected chi connectivity index (χ1v) is 6.57. The topological polar surface area (TPSA) is 67.4 Å². The third-order valence-electron chi connectivity index (χ3n) is 3.26. The van der Waals surface area contributed by atoms with Gasteiger partial charge in [-0.2, -0.15) is 0 Å². The molecule has 1 aliphatic rings. The molecule has 0 aliphatic carbocycles. The van der Waals surface area contributed by atoms with Gasteiger partial charge in [0.1, 0.15) is 5.75 Å². The highest BCUT2D eigenvalue weighted by molar-refractivity contribution is 6.05. The van der Waals surface area contributed by atoms with E-state index in [0.29, 0.717) is 22.7 Å². The van der Waals surface area contributed by atoms with Crippen LogP contribution in [0.25, 0.3) is 0 Å². The van der Waals surface area contributed by atoms with E-state index in [0.717, 1.165) is 5.56 Å². The molecule has 0 atom stereocenters. The average Bonchev–Trinajstić information content (AvgIpc) is 2.48. The minimum absolute atomic E-state index is 0.0117. The van der Waals surface area contributed by atoms with Crippen molar-refractivity contribution in [3.63, 3.8) is 0 Å². The van der Waals surface area contributed by atoms with Gasteiger partial charge in [0, 0.05) is 17.3 Å². The van der Waals surface area contributed by atoms with E-state index in [9.17, 15) is 9.59 Å². The quantitative estimate of drug-likeness (QED) is 0.889. The van der Waals surface area contributed by atoms with Crippen molar-refractivity contribution in [2.75, 3.05) is 17.2 Å². The molecule has 2 amide bonds. The Morgan fingerprint density at radius 3 is 2.86 bits per heavy atom. The normalized spacial score (nSPS) is 12.9. The monoisotopic (exact) mass is 282 g/mol. The number of aryl methyl sites for hydroxylation is 1. The molecule has 0 radical (unpaired) electrons. The lowest BCUT2D eigenvalue weighted by molar-refractivity contribution is -0.118. The van der Waals surface area contributed by atoms with E-state index >= 15 is 0 Å². The lowest BCUT2D eigenvalue weighted by atomic mass is 10.1. The first-order valence-electron chi connectivity index (χ1n) is 6.57. The van der Waals surface area contributed by atoms with Crippen LogP contribution in [0.1, 0.15) is 15.9 Å². The first kappa shape index (κ1) is 13.2. The zero-order chi connectivity index (χ0) is 14.8. The molecule has 2 N–H and O–H groups in total. The highest BCUT2D eigenvalue weighted by Crippen LogP contribution is 2.30. The van der Waals surface area contributed by atoms with Crippen LogP contribution in [-0.2, 0) is 4.79 Å². The first-order chi connectivity index (χ1) is 10.1. The summed E-state index contributed by atoms with van der Waals surface area (Å²) in [5.74, 6) is 0.198. The van der Waals surface area contributed by atoms with Gasteiger partial charge >= 0.3 is 0 Å². The zero-order valence-corrected chi connectivity index (χ0v) is 11.5.